The van der Waals surface area contributed by atoms with E-state index in [0.717, 1.165) is 10.6 Å². The molecule has 38 heavy (non-hydrogen) atoms. The number of hydrogen-bond acceptors (Lipinski definition) is 10. The minimum Gasteiger partial charge on any atom is -0.480 e. The summed E-state index contributed by atoms with van der Waals surface area (Å²) in [4.78, 5) is 27.1. The number of H-pyrrole nitrogens is 1. The zero-order valence-corrected chi connectivity index (χ0v) is 26.3. The second-order valence-electron chi connectivity index (χ2n) is 6.75. The third-order valence-electron chi connectivity index (χ3n) is 3.85. The number of rotatable bonds is 4. The number of primary sulfonamides is 3. The summed E-state index contributed by atoms with van der Waals surface area (Å²) in [5.74, 6) is -0.00861. The third-order valence-corrected chi connectivity index (χ3v) is 7.90. The van der Waals surface area contributed by atoms with Crippen LogP contribution in [0.1, 0.15) is 0 Å². The number of nitrogens with two attached hydrogens (primary N) is 3. The normalized spacial score (nSPS) is 11.5. The van der Waals surface area contributed by atoms with Crippen LogP contribution < -0.4 is 31.3 Å². The molecule has 21 heteroatoms. The van der Waals surface area contributed by atoms with E-state index in [-0.39, 0.29) is 10.8 Å². The summed E-state index contributed by atoms with van der Waals surface area (Å²) < 4.78 is 72.6. The van der Waals surface area contributed by atoms with Gasteiger partial charge in [0.2, 0.25) is 35.9 Å². The number of aryl methyl sites for hydroxylation is 1. The van der Waals surface area contributed by atoms with E-state index in [1.165, 1.54) is 44.9 Å². The fourth-order valence-corrected chi connectivity index (χ4v) is 5.88. The lowest BCUT2D eigenvalue weighted by atomic mass is 10.5. The number of aromatic amines is 1. The Morgan fingerprint density at radius 2 is 1.29 bits per heavy atom. The van der Waals surface area contributed by atoms with E-state index < -0.39 is 51.0 Å². The first-order chi connectivity index (χ1) is 17.2. The Bertz CT molecular complexity index is 1770. The molecular formula is C17H19Br3N6O9S3. The van der Waals surface area contributed by atoms with E-state index in [9.17, 15) is 34.8 Å². The van der Waals surface area contributed by atoms with Crippen molar-refractivity contribution in [2.24, 2.45) is 22.5 Å². The summed E-state index contributed by atoms with van der Waals surface area (Å²) in [5.41, 5.74) is -1.36. The molecule has 3 aromatic heterocycles. The molecule has 0 aliphatic rings. The predicted octanol–water partition coefficient (Wildman–Crippen LogP) is 0.0801. The zero-order chi connectivity index (χ0) is 29.6. The maximum Gasteiger partial charge on any atom is 0.270 e. The summed E-state index contributed by atoms with van der Waals surface area (Å²) in [5, 5.41) is 14.5. The van der Waals surface area contributed by atoms with E-state index in [1.807, 2.05) is 0 Å². The molecule has 210 valence electrons. The molecule has 3 heterocycles. The topological polar surface area (TPSA) is 257 Å². The van der Waals surface area contributed by atoms with Crippen LogP contribution in [-0.4, -0.2) is 46.9 Å². The summed E-state index contributed by atoms with van der Waals surface area (Å²) in [6.07, 6.45) is 4.21. The highest BCUT2D eigenvalue weighted by Gasteiger charge is 2.16. The number of pyridine rings is 3. The molecule has 0 spiro atoms. The molecule has 0 radical (unpaired) electrons. The first-order valence-electron chi connectivity index (χ1n) is 9.20. The Hall–Kier alpha value is -1.98. The first-order valence-corrected chi connectivity index (χ1v) is 16.2. The maximum absolute atomic E-state index is 11.3. The van der Waals surface area contributed by atoms with Crippen molar-refractivity contribution in [2.75, 3.05) is 7.11 Å². The number of nitrogens with zero attached hydrogens (tertiary/aromatic N) is 2. The predicted molar refractivity (Wildman–Crippen MR) is 147 cm³/mol. The summed E-state index contributed by atoms with van der Waals surface area (Å²) in [6, 6.07) is 3.66. The number of nitrogens with one attached hydrogen (secondary N) is 1. The molecule has 0 aliphatic carbocycles. The van der Waals surface area contributed by atoms with Gasteiger partial charge in [0.1, 0.15) is 14.7 Å². The van der Waals surface area contributed by atoms with Gasteiger partial charge in [0.05, 0.1) is 7.11 Å². The molecular weight excluding hydrogens is 768 g/mol. The molecule has 0 aliphatic heterocycles. The summed E-state index contributed by atoms with van der Waals surface area (Å²) >= 11 is 9.14. The van der Waals surface area contributed by atoms with E-state index in [1.54, 1.807) is 0 Å². The SMILES string of the molecule is COc1ncc(Br)cc1S(N)(=O)=O.Cn1cc(Br)cc(S(N)(=O)=O)c1=O.NS(=O)(=O)c1cc(Br)c[nH]c1=O. The number of methoxy groups -OCH3 is 1. The van der Waals surface area contributed by atoms with Crippen LogP contribution in [0.25, 0.3) is 0 Å². The van der Waals surface area contributed by atoms with Gasteiger partial charge in [-0.1, -0.05) is 0 Å². The smallest absolute Gasteiger partial charge is 0.270 e. The van der Waals surface area contributed by atoms with Gasteiger partial charge in [-0.05, 0) is 66.0 Å². The molecule has 0 fully saturated rings. The molecule has 0 saturated carbocycles. The molecule has 15 nitrogen and oxygen atoms in total. The Balaban J connectivity index is 0.000000285. The highest BCUT2D eigenvalue weighted by molar-refractivity contribution is 9.11. The van der Waals surface area contributed by atoms with E-state index in [4.69, 9.17) is 20.2 Å². The molecule has 7 N–H and O–H groups in total. The van der Waals surface area contributed by atoms with E-state index in [2.05, 4.69) is 57.8 Å². The lowest BCUT2D eigenvalue weighted by Crippen LogP contribution is -2.27. The van der Waals surface area contributed by atoms with Crippen LogP contribution in [0.3, 0.4) is 0 Å². The maximum atomic E-state index is 11.3. The van der Waals surface area contributed by atoms with Crippen LogP contribution in [0.2, 0.25) is 0 Å². The van der Waals surface area contributed by atoms with Gasteiger partial charge in [-0.15, -0.1) is 0 Å². The fraction of sp³-hybridized carbons (Fsp3) is 0.118. The average molecular weight is 787 g/mol. The highest BCUT2D eigenvalue weighted by atomic mass is 79.9. The lowest BCUT2D eigenvalue weighted by Gasteiger charge is -2.04. The molecule has 0 amide bonds. The van der Waals surface area contributed by atoms with Crippen molar-refractivity contribution in [2.45, 2.75) is 14.7 Å². The van der Waals surface area contributed by atoms with Crippen LogP contribution in [0, 0.1) is 0 Å². The Labute approximate surface area is 241 Å². The second kappa shape index (κ2) is 13.4. The number of halogens is 3. The molecule has 3 aromatic rings. The van der Waals surface area contributed by atoms with Crippen molar-refractivity contribution >= 4 is 77.9 Å². The van der Waals surface area contributed by atoms with Crippen molar-refractivity contribution in [1.29, 1.82) is 0 Å². The number of hydrogen-bond donors (Lipinski definition) is 4. The van der Waals surface area contributed by atoms with Crippen LogP contribution in [0.5, 0.6) is 5.88 Å². The van der Waals surface area contributed by atoms with Gasteiger partial charge >= 0.3 is 0 Å². The Kier molecular flexibility index (Phi) is 12.0. The Morgan fingerprint density at radius 3 is 1.74 bits per heavy atom. The summed E-state index contributed by atoms with van der Waals surface area (Å²) in [7, 11) is -8.89. The van der Waals surface area contributed by atoms with Crippen molar-refractivity contribution in [3.8, 4) is 5.88 Å². The molecule has 0 aromatic carbocycles. The molecule has 0 atom stereocenters. The quantitative estimate of drug-likeness (QED) is 0.277. The molecule has 0 unspecified atom stereocenters. The highest BCUT2D eigenvalue weighted by Crippen LogP contribution is 2.22. The van der Waals surface area contributed by atoms with Gasteiger partial charge in [-0.3, -0.25) is 9.59 Å². The number of sulfonamides is 3. The molecule has 3 rings (SSSR count). The van der Waals surface area contributed by atoms with Crippen LogP contribution in [-0.2, 0) is 37.1 Å². The van der Waals surface area contributed by atoms with Crippen LogP contribution in [0.4, 0.5) is 0 Å². The van der Waals surface area contributed by atoms with Crippen molar-refractivity contribution in [1.82, 2.24) is 14.5 Å². The monoisotopic (exact) mass is 784 g/mol. The van der Waals surface area contributed by atoms with Crippen LogP contribution >= 0.6 is 47.8 Å². The largest absolute Gasteiger partial charge is 0.480 e. The van der Waals surface area contributed by atoms with Gasteiger partial charge in [0.15, 0.2) is 0 Å². The number of aromatic nitrogens is 3. The van der Waals surface area contributed by atoms with Crippen molar-refractivity contribution < 1.29 is 30.0 Å². The minimum atomic E-state index is -3.94. The standard InChI is InChI=1S/2C6H7BrN2O3S.C5H5BrN2O3S/c1-12-6-5(13(8,10)11)2-4(7)3-9-6;1-9-3-4(7)2-5(6(9)10)13(8,11)12;6-3-1-4(12(7,10)11)5(9)8-2-3/h2-3H,1H3,(H2,8,10,11);2-3H,1H3,(H2,8,11,12);1-2H,(H,8,9)(H2,7,10,11). The Morgan fingerprint density at radius 1 is 0.816 bits per heavy atom. The molecule has 0 saturated heterocycles. The van der Waals surface area contributed by atoms with E-state index >= 15 is 0 Å². The van der Waals surface area contributed by atoms with Gasteiger partial charge in [0, 0.05) is 39.1 Å². The van der Waals surface area contributed by atoms with Gasteiger partial charge in [0.25, 0.3) is 11.1 Å². The molecule has 0 bridgehead atoms. The fourth-order valence-electron chi connectivity index (χ4n) is 2.26. The first kappa shape index (κ1) is 34.0. The van der Waals surface area contributed by atoms with Gasteiger partial charge < -0.3 is 14.3 Å². The zero-order valence-electron chi connectivity index (χ0n) is 19.1. The minimum absolute atomic E-state index is 0.00861. The third kappa shape index (κ3) is 10.3. The lowest BCUT2D eigenvalue weighted by molar-refractivity contribution is 0.385. The van der Waals surface area contributed by atoms with E-state index in [0.29, 0.717) is 13.4 Å². The second-order valence-corrected chi connectivity index (χ2v) is 14.1. The van der Waals surface area contributed by atoms with Gasteiger partial charge in [-0.2, -0.15) is 0 Å². The number of ether oxygens (including phenoxy) is 1. The summed E-state index contributed by atoms with van der Waals surface area (Å²) in [6.45, 7) is 0. The van der Waals surface area contributed by atoms with Crippen molar-refractivity contribution in [3.05, 3.63) is 70.9 Å². The van der Waals surface area contributed by atoms with Gasteiger partial charge in [-0.25, -0.2) is 45.7 Å². The average Bonchev–Trinajstić information content (AvgIpc) is 2.76. The van der Waals surface area contributed by atoms with Crippen molar-refractivity contribution in [3.63, 3.8) is 0 Å². The van der Waals surface area contributed by atoms with Crippen LogP contribution in [0.15, 0.2) is 74.5 Å².